The van der Waals surface area contributed by atoms with Gasteiger partial charge in [-0.1, -0.05) is 24.3 Å². The molecule has 2 N–H and O–H groups in total. The molecule has 0 saturated heterocycles. The lowest BCUT2D eigenvalue weighted by atomic mass is 9.90. The molecule has 0 radical (unpaired) electrons. The highest BCUT2D eigenvalue weighted by molar-refractivity contribution is 7.92. The highest BCUT2D eigenvalue weighted by atomic mass is 32.2. The number of para-hydroxylation sites is 1. The molecular formula is C24H20N4O6S. The zero-order chi connectivity index (χ0) is 24.7. The normalized spacial score (nSPS) is 13.4. The number of aryl methyl sites for hydroxylation is 2. The first-order valence-corrected chi connectivity index (χ1v) is 12.4. The van der Waals surface area contributed by atoms with Gasteiger partial charge in [0.1, 0.15) is 0 Å². The number of fused-ring (bicyclic) bond motifs is 3. The number of aromatic nitrogens is 2. The summed E-state index contributed by atoms with van der Waals surface area (Å²) in [4.78, 5) is 38.2. The van der Waals surface area contributed by atoms with Crippen molar-refractivity contribution in [2.24, 2.45) is 0 Å². The smallest absolute Gasteiger partial charge is 0.316 e. The Hall–Kier alpha value is -4.25. The molecule has 0 amide bonds. The fourth-order valence-corrected chi connectivity index (χ4v) is 5.75. The number of aromatic amines is 1. The number of rotatable bonds is 5. The molecule has 0 fully saturated rings. The van der Waals surface area contributed by atoms with Gasteiger partial charge in [0.05, 0.1) is 27.3 Å². The third kappa shape index (κ3) is 3.99. The minimum atomic E-state index is -4.31. The first-order chi connectivity index (χ1) is 16.8. The van der Waals surface area contributed by atoms with Crippen LogP contribution < -0.4 is 15.8 Å². The van der Waals surface area contributed by atoms with Gasteiger partial charge in [-0.15, -0.1) is 0 Å². The minimum Gasteiger partial charge on any atom is -0.316 e. The average Bonchev–Trinajstić information content (AvgIpc) is 2.84. The second kappa shape index (κ2) is 8.51. The quantitative estimate of drug-likeness (QED) is 0.249. The van der Waals surface area contributed by atoms with Crippen molar-refractivity contribution in [3.8, 4) is 5.69 Å². The highest BCUT2D eigenvalue weighted by Crippen LogP contribution is 2.29. The lowest BCUT2D eigenvalue weighted by Gasteiger charge is -2.19. The second-order valence-corrected chi connectivity index (χ2v) is 9.93. The number of anilines is 1. The number of sulfonamides is 1. The lowest BCUT2D eigenvalue weighted by Crippen LogP contribution is -2.36. The van der Waals surface area contributed by atoms with Gasteiger partial charge in [0.2, 0.25) is 0 Å². The fraction of sp³-hybridized carbons (Fsp3) is 0.167. The maximum absolute atomic E-state index is 12.9. The van der Waals surface area contributed by atoms with E-state index in [1.54, 1.807) is 12.1 Å². The molecule has 0 bridgehead atoms. The van der Waals surface area contributed by atoms with E-state index in [1.807, 2.05) is 6.07 Å². The SMILES string of the molecule is O=c1[nH]c2c3c(ccc2n(-c2cccc(NS(=O)(=O)c4ccccc4[N+](=O)[O-])c2)c1=O)CCCC3. The molecular weight excluding hydrogens is 472 g/mol. The Bertz CT molecular complexity index is 1720. The van der Waals surface area contributed by atoms with Gasteiger partial charge >= 0.3 is 11.1 Å². The third-order valence-electron chi connectivity index (χ3n) is 6.10. The molecule has 35 heavy (non-hydrogen) atoms. The number of hydrogen-bond acceptors (Lipinski definition) is 6. The van der Waals surface area contributed by atoms with Gasteiger partial charge in [0.15, 0.2) is 4.90 Å². The van der Waals surface area contributed by atoms with Crippen LogP contribution in [0.1, 0.15) is 24.0 Å². The molecule has 11 heteroatoms. The van der Waals surface area contributed by atoms with Crippen LogP contribution in [0, 0.1) is 10.1 Å². The van der Waals surface area contributed by atoms with E-state index >= 15 is 0 Å². The lowest BCUT2D eigenvalue weighted by molar-refractivity contribution is -0.387. The third-order valence-corrected chi connectivity index (χ3v) is 7.52. The van der Waals surface area contributed by atoms with Crippen molar-refractivity contribution in [2.45, 2.75) is 30.6 Å². The van der Waals surface area contributed by atoms with Crippen LogP contribution in [0.4, 0.5) is 11.4 Å². The Morgan fingerprint density at radius 1 is 0.971 bits per heavy atom. The summed E-state index contributed by atoms with van der Waals surface area (Å²) in [5.74, 6) is 0. The van der Waals surface area contributed by atoms with Crippen LogP contribution in [0.15, 0.2) is 75.1 Å². The predicted octanol–water partition coefficient (Wildman–Crippen LogP) is 3.27. The number of nitro benzene ring substituents is 1. The van der Waals surface area contributed by atoms with Crippen LogP contribution >= 0.6 is 0 Å². The summed E-state index contributed by atoms with van der Waals surface area (Å²) in [6.07, 6.45) is 3.73. The first-order valence-electron chi connectivity index (χ1n) is 10.9. The van der Waals surface area contributed by atoms with E-state index in [2.05, 4.69) is 9.71 Å². The Morgan fingerprint density at radius 2 is 1.74 bits per heavy atom. The summed E-state index contributed by atoms with van der Waals surface area (Å²) in [6.45, 7) is 0. The summed E-state index contributed by atoms with van der Waals surface area (Å²) in [6, 6.07) is 14.7. The number of nitrogens with one attached hydrogen (secondary N) is 2. The van der Waals surface area contributed by atoms with Crippen molar-refractivity contribution in [3.05, 3.63) is 103 Å². The number of hydrogen-bond donors (Lipinski definition) is 2. The summed E-state index contributed by atoms with van der Waals surface area (Å²) in [5.41, 5.74) is 1.48. The molecule has 0 atom stereocenters. The van der Waals surface area contributed by atoms with E-state index in [0.29, 0.717) is 11.0 Å². The van der Waals surface area contributed by atoms with Gasteiger partial charge in [-0.2, -0.15) is 0 Å². The maximum atomic E-state index is 12.9. The molecule has 5 rings (SSSR count). The van der Waals surface area contributed by atoms with Crippen LogP contribution in [0.3, 0.4) is 0 Å². The Labute approximate surface area is 199 Å². The maximum Gasteiger partial charge on any atom is 0.321 e. The van der Waals surface area contributed by atoms with Crippen LogP contribution in [-0.2, 0) is 22.9 Å². The Morgan fingerprint density at radius 3 is 2.54 bits per heavy atom. The van der Waals surface area contributed by atoms with Gasteiger partial charge in [-0.3, -0.25) is 29.0 Å². The van der Waals surface area contributed by atoms with Crippen molar-refractivity contribution in [1.82, 2.24) is 9.55 Å². The van der Waals surface area contributed by atoms with Gasteiger partial charge in [-0.05, 0) is 67.1 Å². The summed E-state index contributed by atoms with van der Waals surface area (Å²) < 4.78 is 29.5. The monoisotopic (exact) mass is 492 g/mol. The van der Waals surface area contributed by atoms with E-state index in [0.717, 1.165) is 48.9 Å². The van der Waals surface area contributed by atoms with Gasteiger partial charge in [0.25, 0.3) is 15.7 Å². The number of nitrogens with zero attached hydrogens (tertiary/aromatic N) is 2. The zero-order valence-corrected chi connectivity index (χ0v) is 19.2. The molecule has 0 unspecified atom stereocenters. The van der Waals surface area contributed by atoms with E-state index in [-0.39, 0.29) is 11.4 Å². The van der Waals surface area contributed by atoms with Crippen molar-refractivity contribution in [1.29, 1.82) is 0 Å². The number of benzene rings is 3. The van der Waals surface area contributed by atoms with Crippen molar-refractivity contribution in [3.63, 3.8) is 0 Å². The van der Waals surface area contributed by atoms with E-state index in [9.17, 15) is 28.1 Å². The van der Waals surface area contributed by atoms with Crippen molar-refractivity contribution < 1.29 is 13.3 Å². The molecule has 4 aromatic rings. The van der Waals surface area contributed by atoms with Gasteiger partial charge in [0, 0.05) is 6.07 Å². The van der Waals surface area contributed by atoms with Crippen LogP contribution in [-0.4, -0.2) is 22.9 Å². The number of nitro groups is 1. The van der Waals surface area contributed by atoms with Gasteiger partial charge < -0.3 is 4.98 Å². The van der Waals surface area contributed by atoms with Crippen molar-refractivity contribution >= 4 is 32.4 Å². The predicted molar refractivity (Wildman–Crippen MR) is 131 cm³/mol. The van der Waals surface area contributed by atoms with Crippen LogP contribution in [0.25, 0.3) is 16.7 Å². The fourth-order valence-electron chi connectivity index (χ4n) is 4.53. The highest BCUT2D eigenvalue weighted by Gasteiger charge is 2.25. The largest absolute Gasteiger partial charge is 0.321 e. The molecule has 1 aliphatic rings. The van der Waals surface area contributed by atoms with Crippen LogP contribution in [0.5, 0.6) is 0 Å². The molecule has 0 aliphatic heterocycles. The second-order valence-electron chi connectivity index (χ2n) is 8.28. The first kappa shape index (κ1) is 22.5. The number of H-pyrrole nitrogens is 1. The molecule has 1 aliphatic carbocycles. The van der Waals surface area contributed by atoms with E-state index in [4.69, 9.17) is 0 Å². The van der Waals surface area contributed by atoms with Crippen LogP contribution in [0.2, 0.25) is 0 Å². The Balaban J connectivity index is 1.63. The Kier molecular flexibility index (Phi) is 5.48. The molecule has 10 nitrogen and oxygen atoms in total. The average molecular weight is 493 g/mol. The summed E-state index contributed by atoms with van der Waals surface area (Å²) in [5, 5.41) is 11.3. The van der Waals surface area contributed by atoms with E-state index in [1.165, 1.54) is 34.9 Å². The molecule has 0 saturated carbocycles. The minimum absolute atomic E-state index is 0.0824. The topological polar surface area (TPSA) is 144 Å². The van der Waals surface area contributed by atoms with Gasteiger partial charge in [-0.25, -0.2) is 8.42 Å². The zero-order valence-electron chi connectivity index (χ0n) is 18.4. The molecule has 178 valence electrons. The molecule has 0 spiro atoms. The molecule has 1 aromatic heterocycles. The summed E-state index contributed by atoms with van der Waals surface area (Å²) in [7, 11) is -4.31. The standard InChI is InChI=1S/C24H20N4O6S/c29-23-24(30)27(20-13-12-15-6-1-2-9-18(15)22(20)25-23)17-8-5-7-16(14-17)26-35(33,34)21-11-4-3-10-19(21)28(31)32/h3-5,7-8,10-14,26H,1-2,6,9H2,(H,25,29). The van der Waals surface area contributed by atoms with E-state index < -0.39 is 36.6 Å². The molecule has 3 aromatic carbocycles. The van der Waals surface area contributed by atoms with Crippen molar-refractivity contribution in [2.75, 3.05) is 4.72 Å². The molecule has 1 heterocycles. The summed E-state index contributed by atoms with van der Waals surface area (Å²) >= 11 is 0.